The summed E-state index contributed by atoms with van der Waals surface area (Å²) in [7, 11) is 3.70. The Kier molecular flexibility index (Phi) is 9.33. The van der Waals surface area contributed by atoms with E-state index in [4.69, 9.17) is 9.47 Å². The highest BCUT2D eigenvalue weighted by atomic mass is 16.5. The first-order chi connectivity index (χ1) is 23.3. The first-order valence-electron chi connectivity index (χ1n) is 15.5. The van der Waals surface area contributed by atoms with Crippen LogP contribution in [0.4, 0.5) is 11.4 Å². The van der Waals surface area contributed by atoms with Crippen LogP contribution in [-0.4, -0.2) is 44.4 Å². The quantitative estimate of drug-likeness (QED) is 0.124. The molecule has 0 radical (unpaired) electrons. The Bertz CT molecular complexity index is 2030. The first-order valence-corrected chi connectivity index (χ1v) is 15.5. The lowest BCUT2D eigenvalue weighted by molar-refractivity contribution is 0.217. The lowest BCUT2D eigenvalue weighted by Gasteiger charge is -2.08. The second kappa shape index (κ2) is 14.1. The van der Waals surface area contributed by atoms with Gasteiger partial charge in [0.15, 0.2) is 11.4 Å². The number of hydrogen-bond donors (Lipinski definition) is 0. The van der Waals surface area contributed by atoms with Crippen LogP contribution >= 0.6 is 0 Å². The smallest absolute Gasteiger partial charge is 0.297 e. The van der Waals surface area contributed by atoms with E-state index < -0.39 is 0 Å². The third-order valence-electron chi connectivity index (χ3n) is 8.11. The molecule has 0 saturated heterocycles. The second-order valence-corrected chi connectivity index (χ2v) is 11.2. The van der Waals surface area contributed by atoms with Gasteiger partial charge in [-0.1, -0.05) is 36.4 Å². The molecule has 0 unspecified atom stereocenters. The van der Waals surface area contributed by atoms with Crippen molar-refractivity contribution in [2.45, 2.75) is 13.8 Å². The summed E-state index contributed by atoms with van der Waals surface area (Å²) in [6.45, 7) is 4.49. The summed E-state index contributed by atoms with van der Waals surface area (Å²) in [6.07, 6.45) is 3.36. The van der Waals surface area contributed by atoms with Gasteiger partial charge in [-0.05, 0) is 97.8 Å². The van der Waals surface area contributed by atoms with E-state index in [1.165, 1.54) is 0 Å². The zero-order chi connectivity index (χ0) is 33.6. The molecule has 10 heteroatoms. The summed E-state index contributed by atoms with van der Waals surface area (Å²) in [5.74, 6) is 1.40. The van der Waals surface area contributed by atoms with Gasteiger partial charge in [0.1, 0.15) is 24.7 Å². The van der Waals surface area contributed by atoms with Crippen molar-refractivity contribution in [3.8, 4) is 22.9 Å². The molecule has 10 nitrogen and oxygen atoms in total. The Balaban J connectivity index is 1.00. The molecule has 2 heterocycles. The van der Waals surface area contributed by atoms with Crippen molar-refractivity contribution < 1.29 is 9.47 Å². The van der Waals surface area contributed by atoms with Gasteiger partial charge < -0.3 is 9.47 Å². The van der Waals surface area contributed by atoms with Crippen LogP contribution in [0, 0.1) is 13.8 Å². The Morgan fingerprint density at radius 2 is 0.896 bits per heavy atom. The Morgan fingerprint density at radius 1 is 0.542 bits per heavy atom. The predicted molar refractivity (Wildman–Crippen MR) is 190 cm³/mol. The van der Waals surface area contributed by atoms with Gasteiger partial charge in [-0.2, -0.15) is 0 Å². The standard InChI is InChI=1S/C38H36N6O4/c1-27-35(37(45)43(41(27)3)31-11-7-5-8-12-31)39-25-29-15-19-33(20-16-29)47-23-24-48-34-21-17-30(18-22-34)26-40-36-28(2)42(4)44(38(36)46)32-13-9-6-10-14-32/h5-22,25-26H,23-24H2,1-4H3. The van der Waals surface area contributed by atoms with Crippen molar-refractivity contribution in [1.82, 2.24) is 18.7 Å². The maximum absolute atomic E-state index is 13.1. The molecule has 6 aromatic rings. The fourth-order valence-electron chi connectivity index (χ4n) is 5.30. The van der Waals surface area contributed by atoms with Crippen molar-refractivity contribution in [2.75, 3.05) is 13.2 Å². The Hall–Kier alpha value is -6.16. The minimum absolute atomic E-state index is 0.169. The van der Waals surface area contributed by atoms with Gasteiger partial charge in [-0.3, -0.25) is 19.0 Å². The molecule has 0 aliphatic carbocycles. The van der Waals surface area contributed by atoms with Crippen LogP contribution in [0.1, 0.15) is 22.5 Å². The highest BCUT2D eigenvalue weighted by molar-refractivity contribution is 5.83. The summed E-state index contributed by atoms with van der Waals surface area (Å²) in [4.78, 5) is 35.2. The minimum Gasteiger partial charge on any atom is -0.490 e. The topological polar surface area (TPSA) is 97.0 Å². The van der Waals surface area contributed by atoms with E-state index in [-0.39, 0.29) is 11.1 Å². The van der Waals surface area contributed by atoms with Crippen molar-refractivity contribution in [2.24, 2.45) is 24.1 Å². The van der Waals surface area contributed by atoms with Crippen LogP contribution in [-0.2, 0) is 14.1 Å². The van der Waals surface area contributed by atoms with E-state index in [0.717, 1.165) is 33.9 Å². The Labute approximate surface area is 278 Å². The molecule has 0 N–H and O–H groups in total. The third-order valence-corrected chi connectivity index (χ3v) is 8.11. The van der Waals surface area contributed by atoms with Gasteiger partial charge in [0, 0.05) is 26.5 Å². The van der Waals surface area contributed by atoms with Crippen LogP contribution in [0.3, 0.4) is 0 Å². The molecule has 242 valence electrons. The number of aromatic nitrogens is 4. The number of benzene rings is 4. The zero-order valence-corrected chi connectivity index (χ0v) is 27.3. The fourth-order valence-corrected chi connectivity index (χ4v) is 5.30. The van der Waals surface area contributed by atoms with Gasteiger partial charge in [-0.25, -0.2) is 19.3 Å². The normalized spacial score (nSPS) is 11.5. The largest absolute Gasteiger partial charge is 0.490 e. The maximum Gasteiger partial charge on any atom is 0.297 e. The minimum atomic E-state index is -0.169. The number of aliphatic imine (C=N–C) groups is 2. The Morgan fingerprint density at radius 3 is 1.25 bits per heavy atom. The zero-order valence-electron chi connectivity index (χ0n) is 27.3. The van der Waals surface area contributed by atoms with E-state index in [9.17, 15) is 9.59 Å². The third kappa shape index (κ3) is 6.68. The molecule has 2 aromatic heterocycles. The van der Waals surface area contributed by atoms with E-state index in [1.807, 2.05) is 147 Å². The summed E-state index contributed by atoms with van der Waals surface area (Å²) in [5, 5.41) is 0. The van der Waals surface area contributed by atoms with Crippen LogP contribution in [0.15, 0.2) is 129 Å². The highest BCUT2D eigenvalue weighted by Crippen LogP contribution is 2.19. The van der Waals surface area contributed by atoms with Crippen molar-refractivity contribution in [3.63, 3.8) is 0 Å². The number of ether oxygens (including phenoxy) is 2. The fraction of sp³-hybridized carbons (Fsp3) is 0.158. The number of hydrogen-bond acceptors (Lipinski definition) is 6. The highest BCUT2D eigenvalue weighted by Gasteiger charge is 2.16. The second-order valence-electron chi connectivity index (χ2n) is 11.2. The molecule has 0 amide bonds. The average molecular weight is 641 g/mol. The molecule has 0 fully saturated rings. The van der Waals surface area contributed by atoms with E-state index >= 15 is 0 Å². The van der Waals surface area contributed by atoms with Crippen LogP contribution < -0.4 is 20.6 Å². The molecular formula is C38H36N6O4. The maximum atomic E-state index is 13.1. The van der Waals surface area contributed by atoms with E-state index in [0.29, 0.717) is 36.1 Å². The lowest BCUT2D eigenvalue weighted by atomic mass is 10.2. The van der Waals surface area contributed by atoms with E-state index in [1.54, 1.807) is 21.8 Å². The van der Waals surface area contributed by atoms with Crippen LogP contribution in [0.25, 0.3) is 11.4 Å². The lowest BCUT2D eigenvalue weighted by Crippen LogP contribution is -2.19. The summed E-state index contributed by atoms with van der Waals surface area (Å²) >= 11 is 0. The molecule has 0 saturated carbocycles. The van der Waals surface area contributed by atoms with Crippen molar-refractivity contribution >= 4 is 23.8 Å². The predicted octanol–water partition coefficient (Wildman–Crippen LogP) is 6.24. The van der Waals surface area contributed by atoms with Gasteiger partial charge in [0.05, 0.1) is 22.8 Å². The van der Waals surface area contributed by atoms with Gasteiger partial charge >= 0.3 is 0 Å². The van der Waals surface area contributed by atoms with E-state index in [2.05, 4.69) is 9.98 Å². The summed E-state index contributed by atoms with van der Waals surface area (Å²) < 4.78 is 18.5. The molecular weight excluding hydrogens is 604 g/mol. The number of para-hydroxylation sites is 2. The molecule has 0 atom stereocenters. The van der Waals surface area contributed by atoms with Gasteiger partial charge in [-0.15, -0.1) is 0 Å². The molecule has 0 aliphatic rings. The summed E-state index contributed by atoms with van der Waals surface area (Å²) in [6, 6.07) is 34.0. The van der Waals surface area contributed by atoms with Crippen molar-refractivity contribution in [3.05, 3.63) is 152 Å². The summed E-state index contributed by atoms with van der Waals surface area (Å²) in [5.41, 5.74) is 5.29. The first kappa shape index (κ1) is 31.8. The number of rotatable bonds is 11. The molecule has 6 rings (SSSR count). The van der Waals surface area contributed by atoms with Gasteiger partial charge in [0.2, 0.25) is 0 Å². The monoisotopic (exact) mass is 640 g/mol. The SMILES string of the molecule is Cc1c(N=Cc2ccc(OCCOc3ccc(C=Nc4c(C)n(C)n(-c5ccccc5)c4=O)cc3)cc2)c(=O)n(-c2ccccc2)n1C. The molecule has 48 heavy (non-hydrogen) atoms. The average Bonchev–Trinajstić information content (AvgIpc) is 3.46. The number of nitrogens with zero attached hydrogens (tertiary/aromatic N) is 6. The molecule has 0 aliphatic heterocycles. The van der Waals surface area contributed by atoms with Crippen LogP contribution in [0.5, 0.6) is 11.5 Å². The van der Waals surface area contributed by atoms with Crippen molar-refractivity contribution in [1.29, 1.82) is 0 Å². The molecule has 0 spiro atoms. The molecule has 0 bridgehead atoms. The molecule has 4 aromatic carbocycles. The van der Waals surface area contributed by atoms with Gasteiger partial charge in [0.25, 0.3) is 11.1 Å². The van der Waals surface area contributed by atoms with Crippen LogP contribution in [0.2, 0.25) is 0 Å².